The first-order valence-corrected chi connectivity index (χ1v) is 17.0. The number of hydrogen-bond donors (Lipinski definition) is 2. The van der Waals surface area contributed by atoms with Gasteiger partial charge in [0.05, 0.1) is 21.5 Å². The molecule has 2 N–H and O–H groups in total. The molecule has 4 aromatic rings. The smallest absolute Gasteiger partial charge is 0.368 e. The molecule has 2 aromatic heterocycles. The normalized spacial score (nSPS) is 17.2. The van der Waals surface area contributed by atoms with Gasteiger partial charge in [0.1, 0.15) is 0 Å². The number of nitro groups is 1. The summed E-state index contributed by atoms with van der Waals surface area (Å²) in [5.41, 5.74) is 6.69. The van der Waals surface area contributed by atoms with Gasteiger partial charge in [-0.1, -0.05) is 30.3 Å². The van der Waals surface area contributed by atoms with Crippen LogP contribution in [0.3, 0.4) is 0 Å². The Morgan fingerprint density at radius 1 is 0.816 bits per heavy atom. The van der Waals surface area contributed by atoms with Crippen LogP contribution in [0.15, 0.2) is 54.7 Å². The maximum atomic E-state index is 11.2. The third-order valence-electron chi connectivity index (χ3n) is 9.04. The van der Waals surface area contributed by atoms with Gasteiger partial charge in [-0.3, -0.25) is 10.1 Å². The molecule has 2 saturated carbocycles. The first kappa shape index (κ1) is 37.2. The van der Waals surface area contributed by atoms with Crippen molar-refractivity contribution in [3.05, 3.63) is 145 Å². The van der Waals surface area contributed by atoms with Crippen molar-refractivity contribution in [3.63, 3.8) is 0 Å². The van der Waals surface area contributed by atoms with Gasteiger partial charge in [0.2, 0.25) is 0 Å². The second kappa shape index (κ2) is 18.8. The predicted octanol–water partition coefficient (Wildman–Crippen LogP) is 6.08. The minimum Gasteiger partial charge on any atom is -0.368 e. The summed E-state index contributed by atoms with van der Waals surface area (Å²) in [6.07, 6.45) is 22.9. The van der Waals surface area contributed by atoms with E-state index in [2.05, 4.69) is 81.8 Å². The predicted molar refractivity (Wildman–Crippen MR) is 194 cm³/mol. The summed E-state index contributed by atoms with van der Waals surface area (Å²) in [4.78, 5) is 21.0. The van der Waals surface area contributed by atoms with Gasteiger partial charge in [-0.15, -0.1) is 0 Å². The number of anilines is 1. The van der Waals surface area contributed by atoms with Gasteiger partial charge < -0.3 is 24.8 Å². The Bertz CT molecular complexity index is 1620. The number of para-hydroxylation sites is 3. The molecule has 2 aromatic carbocycles. The molecular formula is C39H45FeN7O2+2. The van der Waals surface area contributed by atoms with Crippen LogP contribution >= 0.6 is 0 Å². The summed E-state index contributed by atoms with van der Waals surface area (Å²) in [6, 6.07) is 15.3. The van der Waals surface area contributed by atoms with Crippen molar-refractivity contribution in [1.29, 1.82) is 0 Å². The number of piperazine rings is 1. The first-order chi connectivity index (χ1) is 23.6. The molecule has 49 heavy (non-hydrogen) atoms. The van der Waals surface area contributed by atoms with Crippen LogP contribution in [0.1, 0.15) is 29.5 Å². The number of nitrogens with one attached hydrogen (secondary N) is 2. The van der Waals surface area contributed by atoms with Crippen LogP contribution < -0.4 is 10.6 Å². The topological polar surface area (TPSA) is 91.0 Å². The summed E-state index contributed by atoms with van der Waals surface area (Å²) in [5, 5.41) is 18.3. The standard InChI is InChI=1S/C34H40N7O2.C5H5.Fe/c1-26-25-40-31-15-7-5-13-29(31)37-34(33(40)32(26)27-10-2-3-11-27)36-17-9-19-39-22-20-38(21-23-39)18-8-16-35-24-28-12-4-6-14-30(28)41(42)43;1-2-4-5-3-1;/h2-7,10-15,25,35H,8-9,16-24H2,1H3,(H,36,37);1-5H;/q;;+2. The van der Waals surface area contributed by atoms with Gasteiger partial charge >= 0.3 is 17.1 Å². The maximum Gasteiger partial charge on any atom is 2.00 e. The van der Waals surface area contributed by atoms with Crippen LogP contribution in [0, 0.1) is 80.7 Å². The van der Waals surface area contributed by atoms with E-state index in [1.807, 2.05) is 50.3 Å². The number of fused-ring (bicyclic) bond motifs is 3. The van der Waals surface area contributed by atoms with Crippen LogP contribution in [-0.4, -0.2) is 76.5 Å². The van der Waals surface area contributed by atoms with Crippen molar-refractivity contribution in [1.82, 2.24) is 24.5 Å². The first-order valence-electron chi connectivity index (χ1n) is 17.0. The van der Waals surface area contributed by atoms with Crippen LogP contribution in [0.4, 0.5) is 11.5 Å². The molecule has 254 valence electrons. The Kier molecular flexibility index (Phi) is 14.3. The van der Waals surface area contributed by atoms with E-state index in [1.165, 1.54) is 17.0 Å². The Labute approximate surface area is 302 Å². The van der Waals surface area contributed by atoms with E-state index >= 15 is 0 Å². The average molecular weight is 700 g/mol. The third-order valence-corrected chi connectivity index (χ3v) is 9.04. The molecule has 1 aliphatic heterocycles. The third kappa shape index (κ3) is 9.83. The summed E-state index contributed by atoms with van der Waals surface area (Å²) in [5.74, 6) is 2.18. The van der Waals surface area contributed by atoms with Crippen molar-refractivity contribution in [3.8, 4) is 0 Å². The fourth-order valence-corrected chi connectivity index (χ4v) is 6.57. The van der Waals surface area contributed by atoms with Gasteiger partial charge in [-0.25, -0.2) is 4.98 Å². The molecular weight excluding hydrogens is 654 g/mol. The zero-order valence-electron chi connectivity index (χ0n) is 28.1. The van der Waals surface area contributed by atoms with Crippen LogP contribution in [0.25, 0.3) is 16.6 Å². The minimum atomic E-state index is -0.309. The van der Waals surface area contributed by atoms with Gasteiger partial charge in [-0.2, -0.15) is 0 Å². The van der Waals surface area contributed by atoms with Crippen LogP contribution in [0.5, 0.6) is 0 Å². The molecule has 0 atom stereocenters. The van der Waals surface area contributed by atoms with E-state index in [4.69, 9.17) is 4.98 Å². The molecule has 3 fully saturated rings. The number of aryl methyl sites for hydroxylation is 1. The second-order valence-corrected chi connectivity index (χ2v) is 12.4. The molecule has 10 radical (unpaired) electrons. The zero-order valence-corrected chi connectivity index (χ0v) is 29.2. The minimum absolute atomic E-state index is 0. The van der Waals surface area contributed by atoms with Gasteiger partial charge in [0, 0.05) is 63.0 Å². The van der Waals surface area contributed by atoms with E-state index in [9.17, 15) is 10.1 Å². The Balaban J connectivity index is 0.000000717. The van der Waals surface area contributed by atoms with Gasteiger partial charge in [0.15, 0.2) is 5.82 Å². The Morgan fingerprint density at radius 2 is 1.43 bits per heavy atom. The van der Waals surface area contributed by atoms with Crippen LogP contribution in [0.2, 0.25) is 0 Å². The molecule has 1 saturated heterocycles. The van der Waals surface area contributed by atoms with Crippen molar-refractivity contribution in [2.75, 3.05) is 57.7 Å². The Hall–Kier alpha value is -3.01. The summed E-state index contributed by atoms with van der Waals surface area (Å²) in [6.45, 7) is 10.9. The number of nitrogens with zero attached hydrogens (tertiary/aromatic N) is 5. The molecule has 0 spiro atoms. The fourth-order valence-electron chi connectivity index (χ4n) is 6.57. The summed E-state index contributed by atoms with van der Waals surface area (Å²) in [7, 11) is 0. The van der Waals surface area contributed by atoms with E-state index in [-0.39, 0.29) is 27.7 Å². The van der Waals surface area contributed by atoms with E-state index in [0.29, 0.717) is 6.54 Å². The second-order valence-electron chi connectivity index (χ2n) is 12.4. The largest absolute Gasteiger partial charge is 2.00 e. The number of hydrogen-bond acceptors (Lipinski definition) is 7. The van der Waals surface area contributed by atoms with Crippen molar-refractivity contribution in [2.45, 2.75) is 26.3 Å². The molecule has 9 nitrogen and oxygen atoms in total. The quantitative estimate of drug-likeness (QED) is 0.0758. The van der Waals surface area contributed by atoms with E-state index < -0.39 is 0 Å². The molecule has 7 rings (SSSR count). The number of nitro benzene ring substituents is 1. The van der Waals surface area contributed by atoms with Crippen molar-refractivity contribution < 1.29 is 22.0 Å². The molecule has 0 amide bonds. The van der Waals surface area contributed by atoms with E-state index in [0.717, 1.165) is 93.1 Å². The molecule has 0 unspecified atom stereocenters. The van der Waals surface area contributed by atoms with Crippen molar-refractivity contribution in [2.24, 2.45) is 0 Å². The molecule has 3 aliphatic rings. The SMILES string of the molecule is Cc1cn2c(c(NCCCN3CCN(CCCNCc4ccccc4[N+](=O)[O-])CC3)nc3ccccc32)c1[C]1[CH][CH][CH][CH]1.[CH]1[CH][CH][CH][CH]1.[Fe+2]. The van der Waals surface area contributed by atoms with Gasteiger partial charge in [-0.05, 0) is 120 Å². The molecule has 2 aliphatic carbocycles. The monoisotopic (exact) mass is 699 g/mol. The average Bonchev–Trinajstić information content (AvgIpc) is 3.91. The zero-order chi connectivity index (χ0) is 33.1. The molecule has 10 heteroatoms. The molecule has 3 heterocycles. The van der Waals surface area contributed by atoms with Gasteiger partial charge in [0.25, 0.3) is 5.69 Å². The number of benzene rings is 2. The fraction of sp³-hybridized carbons (Fsp3) is 0.308. The Morgan fingerprint density at radius 3 is 2.10 bits per heavy atom. The maximum absolute atomic E-state index is 11.2. The summed E-state index contributed by atoms with van der Waals surface area (Å²) >= 11 is 0. The van der Waals surface area contributed by atoms with Crippen molar-refractivity contribution >= 4 is 28.1 Å². The number of rotatable bonds is 13. The molecule has 0 bridgehead atoms. The van der Waals surface area contributed by atoms with E-state index in [1.54, 1.807) is 12.1 Å². The summed E-state index contributed by atoms with van der Waals surface area (Å²) < 4.78 is 2.29. The van der Waals surface area contributed by atoms with Crippen LogP contribution in [-0.2, 0) is 23.6 Å². The number of aromatic nitrogens is 2.